The zero-order chi connectivity index (χ0) is 13.9. The number of rotatable bonds is 3. The Morgan fingerprint density at radius 1 is 1.26 bits per heavy atom. The van der Waals surface area contributed by atoms with Crippen molar-refractivity contribution in [3.8, 4) is 0 Å². The SMILES string of the molecule is O=CC1CCN(Cc2cccc(C(F)(F)F)c2)CC1. The molecule has 0 atom stereocenters. The molecule has 0 N–H and O–H groups in total. The first-order valence-electron chi connectivity index (χ1n) is 6.33. The van der Waals surface area contributed by atoms with Crippen molar-refractivity contribution in [2.45, 2.75) is 25.6 Å². The third-order valence-corrected chi connectivity index (χ3v) is 3.49. The molecule has 0 bridgehead atoms. The lowest BCUT2D eigenvalue weighted by atomic mass is 9.98. The maximum absolute atomic E-state index is 12.6. The van der Waals surface area contributed by atoms with E-state index in [2.05, 4.69) is 4.90 Å². The van der Waals surface area contributed by atoms with Gasteiger partial charge in [-0.15, -0.1) is 0 Å². The van der Waals surface area contributed by atoms with Gasteiger partial charge < -0.3 is 4.79 Å². The average molecular weight is 271 g/mol. The van der Waals surface area contributed by atoms with Crippen molar-refractivity contribution in [1.29, 1.82) is 0 Å². The number of nitrogens with zero attached hydrogens (tertiary/aromatic N) is 1. The molecule has 1 aromatic rings. The fourth-order valence-corrected chi connectivity index (χ4v) is 2.35. The van der Waals surface area contributed by atoms with Crippen molar-refractivity contribution in [1.82, 2.24) is 4.90 Å². The lowest BCUT2D eigenvalue weighted by Crippen LogP contribution is -2.33. The van der Waals surface area contributed by atoms with Gasteiger partial charge in [0.2, 0.25) is 0 Å². The summed E-state index contributed by atoms with van der Waals surface area (Å²) in [6.45, 7) is 2.04. The fraction of sp³-hybridized carbons (Fsp3) is 0.500. The van der Waals surface area contributed by atoms with Gasteiger partial charge in [-0.3, -0.25) is 4.90 Å². The third-order valence-electron chi connectivity index (χ3n) is 3.49. The minimum atomic E-state index is -4.29. The van der Waals surface area contributed by atoms with Crippen LogP contribution in [0.15, 0.2) is 24.3 Å². The van der Waals surface area contributed by atoms with Gasteiger partial charge in [-0.2, -0.15) is 13.2 Å². The van der Waals surface area contributed by atoms with Crippen molar-refractivity contribution in [2.75, 3.05) is 13.1 Å². The first kappa shape index (κ1) is 14.1. The molecule has 1 aromatic carbocycles. The van der Waals surface area contributed by atoms with Crippen LogP contribution in [0.1, 0.15) is 24.0 Å². The Labute approximate surface area is 110 Å². The van der Waals surface area contributed by atoms with Gasteiger partial charge in [-0.25, -0.2) is 0 Å². The molecule has 19 heavy (non-hydrogen) atoms. The largest absolute Gasteiger partial charge is 0.416 e. The summed E-state index contributed by atoms with van der Waals surface area (Å²) in [6.07, 6.45) is -1.73. The van der Waals surface area contributed by atoms with Crippen molar-refractivity contribution in [3.63, 3.8) is 0 Å². The zero-order valence-corrected chi connectivity index (χ0v) is 10.5. The molecule has 1 heterocycles. The molecular formula is C14H16F3NO. The highest BCUT2D eigenvalue weighted by molar-refractivity contribution is 5.53. The summed E-state index contributed by atoms with van der Waals surface area (Å²) in [5, 5.41) is 0. The van der Waals surface area contributed by atoms with Crippen LogP contribution in [0.25, 0.3) is 0 Å². The molecule has 104 valence electrons. The maximum atomic E-state index is 12.6. The predicted octanol–water partition coefficient (Wildman–Crippen LogP) is 3.12. The summed E-state index contributed by atoms with van der Waals surface area (Å²) < 4.78 is 37.8. The second-order valence-electron chi connectivity index (χ2n) is 4.95. The molecule has 2 rings (SSSR count). The Morgan fingerprint density at radius 3 is 2.53 bits per heavy atom. The lowest BCUT2D eigenvalue weighted by molar-refractivity contribution is -0.137. The van der Waals surface area contributed by atoms with E-state index in [1.807, 2.05) is 0 Å². The molecule has 0 saturated carbocycles. The highest BCUT2D eigenvalue weighted by Gasteiger charge is 2.30. The van der Waals surface area contributed by atoms with Crippen LogP contribution in [0, 0.1) is 5.92 Å². The van der Waals surface area contributed by atoms with Crippen molar-refractivity contribution in [3.05, 3.63) is 35.4 Å². The van der Waals surface area contributed by atoms with Crippen LogP contribution in [0.3, 0.4) is 0 Å². The van der Waals surface area contributed by atoms with Crippen molar-refractivity contribution < 1.29 is 18.0 Å². The molecule has 0 aromatic heterocycles. The zero-order valence-electron chi connectivity index (χ0n) is 10.5. The minimum Gasteiger partial charge on any atom is -0.303 e. The van der Waals surface area contributed by atoms with E-state index < -0.39 is 11.7 Å². The molecule has 1 aliphatic rings. The normalized spacial score (nSPS) is 18.5. The van der Waals surface area contributed by atoms with Gasteiger partial charge in [0.25, 0.3) is 0 Å². The molecule has 1 fully saturated rings. The van der Waals surface area contributed by atoms with E-state index in [1.165, 1.54) is 12.1 Å². The summed E-state index contributed by atoms with van der Waals surface area (Å²) >= 11 is 0. The van der Waals surface area contributed by atoms with Crippen LogP contribution in [0.5, 0.6) is 0 Å². The quantitative estimate of drug-likeness (QED) is 0.787. The number of hydrogen-bond acceptors (Lipinski definition) is 2. The summed E-state index contributed by atoms with van der Waals surface area (Å²) in [6, 6.07) is 5.44. The van der Waals surface area contributed by atoms with E-state index in [4.69, 9.17) is 0 Å². The van der Waals surface area contributed by atoms with Crippen LogP contribution in [0.4, 0.5) is 13.2 Å². The first-order valence-corrected chi connectivity index (χ1v) is 6.33. The molecule has 0 spiro atoms. The van der Waals surface area contributed by atoms with Crippen LogP contribution in [-0.2, 0) is 17.5 Å². The molecule has 0 aliphatic carbocycles. The summed E-state index contributed by atoms with van der Waals surface area (Å²) in [4.78, 5) is 12.7. The van der Waals surface area contributed by atoms with E-state index in [0.717, 1.165) is 38.3 Å². The lowest BCUT2D eigenvalue weighted by Gasteiger charge is -2.29. The Morgan fingerprint density at radius 2 is 1.95 bits per heavy atom. The van der Waals surface area contributed by atoms with Gasteiger partial charge in [0, 0.05) is 12.5 Å². The second kappa shape index (κ2) is 5.74. The van der Waals surface area contributed by atoms with Gasteiger partial charge in [0.1, 0.15) is 6.29 Å². The topological polar surface area (TPSA) is 20.3 Å². The molecule has 5 heteroatoms. The molecular weight excluding hydrogens is 255 g/mol. The highest BCUT2D eigenvalue weighted by atomic mass is 19.4. The number of aldehydes is 1. The van der Waals surface area contributed by atoms with E-state index in [-0.39, 0.29) is 5.92 Å². The van der Waals surface area contributed by atoms with Crippen LogP contribution in [-0.4, -0.2) is 24.3 Å². The third kappa shape index (κ3) is 3.80. The van der Waals surface area contributed by atoms with Gasteiger partial charge in [-0.1, -0.05) is 18.2 Å². The molecule has 2 nitrogen and oxygen atoms in total. The molecule has 0 unspecified atom stereocenters. The van der Waals surface area contributed by atoms with Crippen LogP contribution < -0.4 is 0 Å². The van der Waals surface area contributed by atoms with Crippen molar-refractivity contribution in [2.24, 2.45) is 5.92 Å². The molecule has 0 radical (unpaired) electrons. The molecule has 1 aliphatic heterocycles. The molecule has 0 amide bonds. The highest BCUT2D eigenvalue weighted by Crippen LogP contribution is 2.30. The summed E-state index contributed by atoms with van der Waals surface area (Å²) in [7, 11) is 0. The molecule has 1 saturated heterocycles. The number of alkyl halides is 3. The van der Waals surface area contributed by atoms with Gasteiger partial charge in [0.15, 0.2) is 0 Å². The van der Waals surface area contributed by atoms with Gasteiger partial charge >= 0.3 is 6.18 Å². The number of halogens is 3. The average Bonchev–Trinajstić information content (AvgIpc) is 2.39. The first-order chi connectivity index (χ1) is 8.99. The monoisotopic (exact) mass is 271 g/mol. The smallest absolute Gasteiger partial charge is 0.303 e. The minimum absolute atomic E-state index is 0.109. The fourth-order valence-electron chi connectivity index (χ4n) is 2.35. The number of likely N-dealkylation sites (tertiary alicyclic amines) is 1. The number of piperidine rings is 1. The second-order valence-corrected chi connectivity index (χ2v) is 4.95. The van der Waals surface area contributed by atoms with Crippen LogP contribution >= 0.6 is 0 Å². The van der Waals surface area contributed by atoms with E-state index in [1.54, 1.807) is 6.07 Å². The van der Waals surface area contributed by atoms with Crippen LogP contribution in [0.2, 0.25) is 0 Å². The van der Waals surface area contributed by atoms with E-state index >= 15 is 0 Å². The number of carbonyl (C=O) groups is 1. The maximum Gasteiger partial charge on any atom is 0.416 e. The Balaban J connectivity index is 1.98. The van der Waals surface area contributed by atoms with Gasteiger partial charge in [0.05, 0.1) is 5.56 Å². The Kier molecular flexibility index (Phi) is 4.24. The van der Waals surface area contributed by atoms with Gasteiger partial charge in [-0.05, 0) is 37.6 Å². The standard InChI is InChI=1S/C14H16F3NO/c15-14(16,17)13-3-1-2-12(8-13)9-18-6-4-11(10-19)5-7-18/h1-3,8,10-11H,4-7,9H2. The van der Waals surface area contributed by atoms with Crippen molar-refractivity contribution >= 4 is 6.29 Å². The number of benzene rings is 1. The number of carbonyl (C=O) groups excluding carboxylic acids is 1. The summed E-state index contributed by atoms with van der Waals surface area (Å²) in [5.41, 5.74) is 0.0622. The summed E-state index contributed by atoms with van der Waals surface area (Å²) in [5.74, 6) is 0.109. The number of hydrogen-bond donors (Lipinski definition) is 0. The predicted molar refractivity (Wildman–Crippen MR) is 65.5 cm³/mol. The van der Waals surface area contributed by atoms with E-state index in [0.29, 0.717) is 12.1 Å². The Hall–Kier alpha value is -1.36. The van der Waals surface area contributed by atoms with E-state index in [9.17, 15) is 18.0 Å². The Bertz CT molecular complexity index is 437.